The van der Waals surface area contributed by atoms with Crippen molar-refractivity contribution >= 4 is 141 Å². The number of nitrogens with two attached hydrogens (primary N) is 2. The number of hydrogen-bond donors (Lipinski definition) is 4. The van der Waals surface area contributed by atoms with Gasteiger partial charge in [-0.2, -0.15) is 0 Å². The van der Waals surface area contributed by atoms with Crippen molar-refractivity contribution in [3.8, 4) is 17.6 Å². The van der Waals surface area contributed by atoms with Crippen LogP contribution in [0.5, 0.6) is 17.6 Å². The predicted molar refractivity (Wildman–Crippen MR) is 316 cm³/mol. The highest BCUT2D eigenvalue weighted by Gasteiger charge is 2.33. The monoisotopic (exact) mass is 1430 g/mol. The number of carbonyl (C=O) groups excluding carboxylic acids is 2. The zero-order valence-electron chi connectivity index (χ0n) is 41.1. The lowest BCUT2D eigenvalue weighted by Crippen LogP contribution is -2.41. The Kier molecular flexibility index (Phi) is 32.7. The van der Waals surface area contributed by atoms with Crippen LogP contribution in [0.3, 0.4) is 0 Å². The Morgan fingerprint density at radius 1 is 0.714 bits per heavy atom. The number of nitrogens with zero attached hydrogens (tertiary/aromatic N) is 6. The Hall–Kier alpha value is -3.55. The molecule has 0 radical (unpaired) electrons. The maximum atomic E-state index is 12.0. The first-order valence-corrected chi connectivity index (χ1v) is 33.7. The third-order valence-electron chi connectivity index (χ3n) is 11.3. The van der Waals surface area contributed by atoms with E-state index in [1.807, 2.05) is 18.8 Å². The summed E-state index contributed by atoms with van der Waals surface area (Å²) in [5.41, 5.74) is 15.2. The van der Waals surface area contributed by atoms with Gasteiger partial charge in [0, 0.05) is 11.8 Å². The molecule has 0 aliphatic carbocycles. The van der Waals surface area contributed by atoms with Gasteiger partial charge in [0.2, 0.25) is 17.6 Å². The number of methoxy groups -OCH3 is 3. The number of hydroxylamine groups is 1. The highest BCUT2D eigenvalue weighted by molar-refractivity contribution is 9.11. The lowest BCUT2D eigenvalue weighted by molar-refractivity contribution is -0.127. The van der Waals surface area contributed by atoms with Gasteiger partial charge in [0.05, 0.1) is 87.2 Å². The highest BCUT2D eigenvalue weighted by atomic mass is 79.9. The second kappa shape index (κ2) is 35.2. The number of ether oxygens (including phenoxy) is 3. The Labute approximate surface area is 491 Å². The zero-order valence-corrected chi connectivity index (χ0v) is 51.6. The normalized spacial score (nSPS) is 18.9. The van der Waals surface area contributed by atoms with E-state index >= 15 is 0 Å². The SMILES string of the molecule is C.C.COc1nc(/C(N)=N/O)ccc1Br.COc1nc(/C(N)=N/OCC(=O)C2CCS(=O)(=O)CC2)ccc1Br.COc1nc(C2=NC(C3CCS(=O)(=O)CC3)CON2)ccc1Br.CP=S.O=C(CBr)C1CCS(=O)(=O)CC1. The number of ketones is 2. The van der Waals surface area contributed by atoms with Crippen LogP contribution in [0.25, 0.3) is 0 Å². The summed E-state index contributed by atoms with van der Waals surface area (Å²) in [6.07, 6.45) is 2.93. The lowest BCUT2D eigenvalue weighted by Gasteiger charge is -2.30. The van der Waals surface area contributed by atoms with Crippen molar-refractivity contribution in [2.24, 2.45) is 44.5 Å². The first-order valence-electron chi connectivity index (χ1n) is 22.4. The predicted octanol–water partition coefficient (Wildman–Crippen LogP) is 6.23. The molecule has 1 unspecified atom stereocenters. The summed E-state index contributed by atoms with van der Waals surface area (Å²) >= 11 is 17.3. The molecule has 0 amide bonds. The van der Waals surface area contributed by atoms with Crippen molar-refractivity contribution in [2.75, 3.05) is 81.1 Å². The van der Waals surface area contributed by atoms with Crippen molar-refractivity contribution in [3.63, 3.8) is 0 Å². The fourth-order valence-electron chi connectivity index (χ4n) is 7.11. The van der Waals surface area contributed by atoms with E-state index in [1.165, 1.54) is 14.2 Å². The van der Waals surface area contributed by atoms with Crippen molar-refractivity contribution in [2.45, 2.75) is 59.4 Å². The molecule has 4 aliphatic heterocycles. The van der Waals surface area contributed by atoms with E-state index in [9.17, 15) is 34.8 Å². The number of halogens is 4. The Morgan fingerprint density at radius 2 is 1.12 bits per heavy atom. The smallest absolute Gasteiger partial charge is 0.228 e. The molecule has 3 aromatic heterocycles. The van der Waals surface area contributed by atoms with Gasteiger partial charge in [-0.05, 0) is 143 Å². The number of oxime groups is 2. The molecule has 0 saturated carbocycles. The summed E-state index contributed by atoms with van der Waals surface area (Å²) in [6, 6.07) is 10.2. The highest BCUT2D eigenvalue weighted by Crippen LogP contribution is 2.28. The minimum Gasteiger partial charge on any atom is -0.480 e. The molecular formula is C45H66Br4N9O14PS4. The number of alkyl halides is 1. The molecule has 4 aliphatic rings. The molecule has 3 fully saturated rings. The van der Waals surface area contributed by atoms with Crippen LogP contribution in [0.2, 0.25) is 0 Å². The number of hydrogen-bond acceptors (Lipinski definition) is 22. The molecule has 7 rings (SSSR count). The molecule has 432 valence electrons. The fraction of sp³-hybridized carbons (Fsp3) is 0.556. The van der Waals surface area contributed by atoms with Crippen LogP contribution in [0.15, 0.2) is 65.1 Å². The molecular weight excluding hydrogens is 1370 g/mol. The van der Waals surface area contributed by atoms with Gasteiger partial charge in [-0.25, -0.2) is 45.7 Å². The van der Waals surface area contributed by atoms with Gasteiger partial charge in [0.25, 0.3) is 0 Å². The minimum atomic E-state index is -2.99. The van der Waals surface area contributed by atoms with Gasteiger partial charge in [0.15, 0.2) is 29.9 Å². The maximum absolute atomic E-state index is 12.0. The van der Waals surface area contributed by atoms with Gasteiger partial charge < -0.3 is 35.7 Å². The largest absolute Gasteiger partial charge is 0.480 e. The van der Waals surface area contributed by atoms with E-state index in [1.54, 1.807) is 31.4 Å². The standard InChI is InChI=1S/C14H18BrN3O5S.C14H18BrN3O4S.C7H8BrN3O2.C7H11BrO3S.CH3PS.2CH4/c1-22-14-10(15)2-3-11(17-14)13(16)18-23-8-12(19)9-4-6-24(20,21)7-5-9;1-21-14-10(15)2-3-11(17-14)13-16-12(8-22-18-13)9-4-6-23(19,20)7-5-9;1-13-7-4(8)2-3-5(10-7)6(9)11-12;8-5-7(9)6-1-3-12(10,11)4-2-6;1-2-3;;/h2-3,9H,4-8H2,1H3,(H2,16,18);2-3,9,12H,4-8H2,1H3,(H,16,18);2-3,12H,1H3,(H2,9,11);6H,1-5H2;1H3;2*1H4. The van der Waals surface area contributed by atoms with Crippen molar-refractivity contribution in [1.29, 1.82) is 0 Å². The number of aliphatic imine (C=N–C) groups is 1. The number of carbonyl (C=O) groups is 2. The average molecular weight is 1440 g/mol. The first kappa shape index (κ1) is 71.5. The van der Waals surface area contributed by atoms with E-state index in [0.717, 1.165) is 11.8 Å². The molecule has 7 heterocycles. The third kappa shape index (κ3) is 24.4. The molecule has 0 aromatic carbocycles. The summed E-state index contributed by atoms with van der Waals surface area (Å²) in [5.74, 6) is 2.44. The molecule has 3 saturated heterocycles. The lowest BCUT2D eigenvalue weighted by atomic mass is 9.94. The van der Waals surface area contributed by atoms with Gasteiger partial charge in [-0.3, -0.25) is 19.4 Å². The number of sulfone groups is 3. The zero-order chi connectivity index (χ0) is 55.9. The number of rotatable bonds is 13. The molecule has 32 heteroatoms. The van der Waals surface area contributed by atoms with Crippen molar-refractivity contribution in [3.05, 3.63) is 66.9 Å². The average Bonchev–Trinajstić information content (AvgIpc) is 3.39. The topological polar surface area (TPSA) is 343 Å². The van der Waals surface area contributed by atoms with Crippen LogP contribution in [0, 0.1) is 17.8 Å². The van der Waals surface area contributed by atoms with Gasteiger partial charge >= 0.3 is 0 Å². The summed E-state index contributed by atoms with van der Waals surface area (Å²) in [6.45, 7) is 2.09. The van der Waals surface area contributed by atoms with E-state index in [2.05, 4.69) is 111 Å². The van der Waals surface area contributed by atoms with Crippen LogP contribution < -0.4 is 31.2 Å². The van der Waals surface area contributed by atoms with E-state index in [0.29, 0.717) is 100.0 Å². The van der Waals surface area contributed by atoms with Gasteiger partial charge in [-0.15, -0.1) is 0 Å². The van der Waals surface area contributed by atoms with Crippen LogP contribution in [-0.4, -0.2) is 162 Å². The second-order valence-corrected chi connectivity index (χ2v) is 27.8. The molecule has 3 aromatic rings. The second-order valence-electron chi connectivity index (χ2n) is 16.3. The van der Waals surface area contributed by atoms with Gasteiger partial charge in [0.1, 0.15) is 52.4 Å². The molecule has 77 heavy (non-hydrogen) atoms. The minimum absolute atomic E-state index is 0. The summed E-state index contributed by atoms with van der Waals surface area (Å²) in [4.78, 5) is 50.7. The van der Waals surface area contributed by atoms with Crippen molar-refractivity contribution in [1.82, 2.24) is 20.4 Å². The van der Waals surface area contributed by atoms with Crippen LogP contribution in [0.1, 0.15) is 70.5 Å². The third-order valence-corrected chi connectivity index (χ3v) is 18.8. The van der Waals surface area contributed by atoms with Crippen LogP contribution >= 0.6 is 71.1 Å². The maximum Gasteiger partial charge on any atom is 0.228 e. The quantitative estimate of drug-likeness (QED) is 0.0368. The van der Waals surface area contributed by atoms with Crippen molar-refractivity contribution < 1.29 is 63.9 Å². The molecule has 1 atom stereocenters. The molecule has 0 bridgehead atoms. The van der Waals surface area contributed by atoms with E-state index in [4.69, 9.17) is 40.6 Å². The number of aromatic nitrogens is 3. The number of nitrogens with one attached hydrogen (secondary N) is 1. The Balaban J connectivity index is 0.000000520. The molecule has 6 N–H and O–H groups in total. The Bertz CT molecular complexity index is 2840. The summed E-state index contributed by atoms with van der Waals surface area (Å²) in [5, 5.41) is 15.2. The fourth-order valence-corrected chi connectivity index (χ4v) is 13.2. The molecule has 23 nitrogen and oxygen atoms in total. The molecule has 0 spiro atoms. The van der Waals surface area contributed by atoms with Gasteiger partial charge in [-0.1, -0.05) is 52.9 Å². The Morgan fingerprint density at radius 3 is 1.55 bits per heavy atom. The number of pyridine rings is 3. The van der Waals surface area contributed by atoms with Crippen LogP contribution in [-0.2, 0) is 60.6 Å². The summed E-state index contributed by atoms with van der Waals surface area (Å²) in [7, 11) is -3.18. The number of amidine groups is 3. The number of Topliss-reactive ketones (excluding diaryl/α,β-unsaturated/α-hetero) is 2. The summed E-state index contributed by atoms with van der Waals surface area (Å²) < 4.78 is 85.1. The van der Waals surface area contributed by atoms with E-state index < -0.39 is 29.5 Å². The first-order chi connectivity index (χ1) is 35.5. The van der Waals surface area contributed by atoms with E-state index in [-0.39, 0.29) is 103 Å². The van der Waals surface area contributed by atoms with Crippen LogP contribution in [0.4, 0.5) is 0 Å².